The van der Waals surface area contributed by atoms with Crippen LogP contribution >= 0.6 is 11.6 Å². The monoisotopic (exact) mass is 548 g/mol. The summed E-state index contributed by atoms with van der Waals surface area (Å²) in [6.45, 7) is 2.15. The van der Waals surface area contributed by atoms with Crippen LogP contribution in [0.1, 0.15) is 18.9 Å². The molecule has 3 aromatic carbocycles. The van der Waals surface area contributed by atoms with E-state index in [-0.39, 0.29) is 24.0 Å². The Labute approximate surface area is 220 Å². The van der Waals surface area contributed by atoms with E-state index >= 15 is 0 Å². The molecular weight excluding hydrogens is 522 g/mol. The Hall–Kier alpha value is -3.43. The highest BCUT2D eigenvalue weighted by Crippen LogP contribution is 2.31. The van der Waals surface area contributed by atoms with Crippen LogP contribution in [0.5, 0.6) is 5.75 Å². The van der Waals surface area contributed by atoms with Gasteiger partial charge in [-0.3, -0.25) is 9.10 Å². The van der Waals surface area contributed by atoms with Gasteiger partial charge < -0.3 is 9.64 Å². The first-order valence-corrected chi connectivity index (χ1v) is 13.3. The number of carbonyl (C=O) groups is 1. The van der Waals surface area contributed by atoms with Gasteiger partial charge >= 0.3 is 0 Å². The summed E-state index contributed by atoms with van der Waals surface area (Å²) in [4.78, 5) is 13.3. The van der Waals surface area contributed by atoms with Crippen LogP contribution in [0.25, 0.3) is 0 Å². The number of likely N-dealkylation sites (N-methyl/N-ethyl adjacent to an activating group) is 1. The van der Waals surface area contributed by atoms with Gasteiger partial charge in [-0.15, -0.1) is 0 Å². The molecule has 1 amide bonds. The topological polar surface area (TPSA) is 66.9 Å². The summed E-state index contributed by atoms with van der Waals surface area (Å²) in [6, 6.07) is 14.8. The van der Waals surface area contributed by atoms with Crippen LogP contribution in [0.3, 0.4) is 0 Å². The van der Waals surface area contributed by atoms with Gasteiger partial charge in [0.15, 0.2) is 0 Å². The summed E-state index contributed by atoms with van der Waals surface area (Å²) in [5.41, 5.74) is 0.0101. The molecule has 0 saturated carbocycles. The Bertz CT molecular complexity index is 1370. The fourth-order valence-electron chi connectivity index (χ4n) is 3.50. The molecule has 196 valence electrons. The maximum atomic E-state index is 14.8. The zero-order chi connectivity index (χ0) is 27.0. The lowest BCUT2D eigenvalue weighted by Gasteiger charge is -2.26. The van der Waals surface area contributed by atoms with Gasteiger partial charge in [-0.2, -0.15) is 0 Å². The van der Waals surface area contributed by atoms with Crippen LogP contribution in [0, 0.1) is 11.6 Å². The van der Waals surface area contributed by atoms with Gasteiger partial charge in [0.2, 0.25) is 5.91 Å². The van der Waals surface area contributed by atoms with Gasteiger partial charge in [0.1, 0.15) is 17.4 Å². The van der Waals surface area contributed by atoms with Gasteiger partial charge in [0.25, 0.3) is 10.0 Å². The number of sulfonamides is 1. The van der Waals surface area contributed by atoms with Gasteiger partial charge in [-0.1, -0.05) is 35.9 Å². The molecule has 10 heteroatoms. The molecule has 3 rings (SSSR count). The second-order valence-corrected chi connectivity index (χ2v) is 10.4. The van der Waals surface area contributed by atoms with E-state index in [1.54, 1.807) is 49.2 Å². The van der Waals surface area contributed by atoms with Crippen molar-refractivity contribution in [2.75, 3.05) is 24.5 Å². The molecule has 37 heavy (non-hydrogen) atoms. The minimum absolute atomic E-state index is 0.122. The first-order chi connectivity index (χ1) is 17.6. The molecule has 6 nitrogen and oxygen atoms in total. The highest BCUT2D eigenvalue weighted by atomic mass is 35.5. The first-order valence-electron chi connectivity index (χ1n) is 11.5. The Balaban J connectivity index is 1.88. The minimum Gasteiger partial charge on any atom is -0.493 e. The van der Waals surface area contributed by atoms with E-state index in [9.17, 15) is 22.0 Å². The van der Waals surface area contributed by atoms with Crippen molar-refractivity contribution in [3.8, 4) is 5.75 Å². The largest absolute Gasteiger partial charge is 0.493 e. The SMILES string of the molecule is C/C=C/C(=O)N(C)CCCOc1ccccc1CN(c1cc(F)ccc1F)S(=O)(=O)c1ccc(Cl)cc1. The highest BCUT2D eigenvalue weighted by molar-refractivity contribution is 7.92. The first kappa shape index (κ1) is 28.1. The van der Waals surface area contributed by atoms with E-state index in [0.29, 0.717) is 29.3 Å². The summed E-state index contributed by atoms with van der Waals surface area (Å²) in [5.74, 6) is -1.42. The second-order valence-electron chi connectivity index (χ2n) is 8.13. The molecule has 3 aromatic rings. The molecule has 0 radical (unpaired) electrons. The van der Waals surface area contributed by atoms with Crippen molar-refractivity contribution in [3.63, 3.8) is 0 Å². The summed E-state index contributed by atoms with van der Waals surface area (Å²) < 4.78 is 62.8. The second kappa shape index (κ2) is 12.7. The lowest BCUT2D eigenvalue weighted by Crippen LogP contribution is -2.31. The molecule has 0 aromatic heterocycles. The third-order valence-corrected chi connectivity index (χ3v) is 7.47. The lowest BCUT2D eigenvalue weighted by molar-refractivity contribution is -0.124. The van der Waals surface area contributed by atoms with Crippen molar-refractivity contribution in [2.45, 2.75) is 24.8 Å². The molecule has 0 unspecified atom stereocenters. The fraction of sp³-hybridized carbons (Fsp3) is 0.222. The smallest absolute Gasteiger partial charge is 0.264 e. The number of para-hydroxylation sites is 1. The molecule has 0 spiro atoms. The van der Waals surface area contributed by atoms with Crippen LogP contribution in [-0.2, 0) is 21.4 Å². The predicted molar refractivity (Wildman–Crippen MR) is 140 cm³/mol. The number of hydrogen-bond acceptors (Lipinski definition) is 4. The molecular formula is C27H27ClF2N2O4S. The zero-order valence-corrected chi connectivity index (χ0v) is 22.0. The van der Waals surface area contributed by atoms with E-state index in [0.717, 1.165) is 22.5 Å². The van der Waals surface area contributed by atoms with Crippen LogP contribution in [-0.4, -0.2) is 39.4 Å². The Morgan fingerprint density at radius 2 is 1.76 bits per heavy atom. The molecule has 0 aliphatic carbocycles. The number of carbonyl (C=O) groups excluding carboxylic acids is 1. The van der Waals surface area contributed by atoms with Crippen LogP contribution < -0.4 is 9.04 Å². The number of allylic oxidation sites excluding steroid dienone is 1. The number of rotatable bonds is 11. The maximum Gasteiger partial charge on any atom is 0.264 e. The van der Waals surface area contributed by atoms with E-state index < -0.39 is 27.3 Å². The molecule has 0 aliphatic heterocycles. The molecule has 0 atom stereocenters. The van der Waals surface area contributed by atoms with Crippen molar-refractivity contribution in [2.24, 2.45) is 0 Å². The van der Waals surface area contributed by atoms with Crippen LogP contribution in [0.4, 0.5) is 14.5 Å². The summed E-state index contributed by atoms with van der Waals surface area (Å²) >= 11 is 5.91. The molecule has 0 heterocycles. The highest BCUT2D eigenvalue weighted by Gasteiger charge is 2.29. The summed E-state index contributed by atoms with van der Waals surface area (Å²) in [7, 11) is -2.63. The fourth-order valence-corrected chi connectivity index (χ4v) is 5.07. The number of amides is 1. The third kappa shape index (κ3) is 7.30. The average molecular weight is 549 g/mol. The van der Waals surface area contributed by atoms with Gasteiger partial charge in [-0.25, -0.2) is 17.2 Å². The van der Waals surface area contributed by atoms with Crippen LogP contribution in [0.2, 0.25) is 5.02 Å². The van der Waals surface area contributed by atoms with E-state index in [1.807, 2.05) is 0 Å². The van der Waals surface area contributed by atoms with Gasteiger partial charge in [0, 0.05) is 30.2 Å². The minimum atomic E-state index is -4.31. The molecule has 0 fully saturated rings. The lowest BCUT2D eigenvalue weighted by atomic mass is 10.2. The van der Waals surface area contributed by atoms with Crippen molar-refractivity contribution >= 4 is 33.2 Å². The van der Waals surface area contributed by atoms with Gasteiger partial charge in [-0.05, 0) is 61.9 Å². The number of halogens is 3. The molecule has 0 saturated heterocycles. The zero-order valence-electron chi connectivity index (χ0n) is 20.4. The quantitative estimate of drug-likeness (QED) is 0.224. The Morgan fingerprint density at radius 1 is 1.05 bits per heavy atom. The van der Waals surface area contributed by atoms with Crippen LogP contribution in [0.15, 0.2) is 83.8 Å². The number of benzene rings is 3. The van der Waals surface area contributed by atoms with Crippen molar-refractivity contribution in [1.82, 2.24) is 4.90 Å². The number of hydrogen-bond donors (Lipinski definition) is 0. The average Bonchev–Trinajstić information content (AvgIpc) is 2.87. The maximum absolute atomic E-state index is 14.8. The number of nitrogens with zero attached hydrogens (tertiary/aromatic N) is 2. The summed E-state index contributed by atoms with van der Waals surface area (Å²) in [6.07, 6.45) is 3.66. The molecule has 0 aliphatic rings. The molecule has 0 bridgehead atoms. The number of anilines is 1. The third-order valence-electron chi connectivity index (χ3n) is 5.45. The molecule has 0 N–H and O–H groups in total. The van der Waals surface area contributed by atoms with E-state index in [1.165, 1.54) is 30.3 Å². The Morgan fingerprint density at radius 3 is 2.46 bits per heavy atom. The van der Waals surface area contributed by atoms with Gasteiger partial charge in [0.05, 0.1) is 23.7 Å². The Kier molecular flexibility index (Phi) is 9.66. The van der Waals surface area contributed by atoms with Crippen molar-refractivity contribution < 1.29 is 26.7 Å². The van der Waals surface area contributed by atoms with Crippen molar-refractivity contribution in [1.29, 1.82) is 0 Å². The number of ether oxygens (including phenoxy) is 1. The standard InChI is InChI=1S/C27H27ClF2N2O4S/c1-3-7-27(33)31(2)16-6-17-36-26-9-5-4-8-20(26)19-32(25-18-22(29)12-15-24(25)30)37(34,35)23-13-10-21(28)11-14-23/h3-5,7-15,18H,6,16-17,19H2,1-2H3/b7-3+. The predicted octanol–water partition coefficient (Wildman–Crippen LogP) is 5.82. The van der Waals surface area contributed by atoms with Crippen molar-refractivity contribution in [3.05, 3.63) is 101 Å². The normalized spacial score (nSPS) is 11.5. The van der Waals surface area contributed by atoms with E-state index in [2.05, 4.69) is 0 Å². The summed E-state index contributed by atoms with van der Waals surface area (Å²) in [5, 5.41) is 0.333. The van der Waals surface area contributed by atoms with E-state index in [4.69, 9.17) is 16.3 Å².